The molecule has 0 bridgehead atoms. The fourth-order valence-corrected chi connectivity index (χ4v) is 2.82. The first-order valence-electron chi connectivity index (χ1n) is 6.83. The van der Waals surface area contributed by atoms with Gasteiger partial charge in [-0.3, -0.25) is 9.59 Å². The third kappa shape index (κ3) is 3.04. The molecule has 1 aliphatic heterocycles. The number of rotatable bonds is 3. The average molecular weight is 364 g/mol. The van der Waals surface area contributed by atoms with Crippen molar-refractivity contribution in [2.45, 2.75) is 13.3 Å². The zero-order chi connectivity index (χ0) is 15.7. The van der Waals surface area contributed by atoms with Gasteiger partial charge in [-0.25, -0.2) is 0 Å². The molecule has 1 fully saturated rings. The summed E-state index contributed by atoms with van der Waals surface area (Å²) in [6, 6.07) is 9.10. The van der Waals surface area contributed by atoms with Crippen LogP contribution in [0.4, 0.5) is 11.5 Å². The predicted octanol–water partition coefficient (Wildman–Crippen LogP) is 2.74. The number of benzene rings is 1. The summed E-state index contributed by atoms with van der Waals surface area (Å²) in [4.78, 5) is 26.0. The molecule has 22 heavy (non-hydrogen) atoms. The third-order valence-corrected chi connectivity index (χ3v) is 3.99. The maximum absolute atomic E-state index is 12.2. The van der Waals surface area contributed by atoms with Gasteiger partial charge >= 0.3 is 0 Å². The number of carbonyl (C=O) groups excluding carboxylic acids is 2. The molecule has 1 aromatic carbocycles. The van der Waals surface area contributed by atoms with Crippen LogP contribution in [0.25, 0.3) is 0 Å². The van der Waals surface area contributed by atoms with Crippen LogP contribution >= 0.6 is 15.9 Å². The van der Waals surface area contributed by atoms with Crippen LogP contribution in [0.1, 0.15) is 12.2 Å². The molecule has 1 aromatic heterocycles. The molecule has 2 heterocycles. The number of nitrogens with one attached hydrogen (secondary N) is 1. The highest BCUT2D eigenvalue weighted by molar-refractivity contribution is 9.10. The summed E-state index contributed by atoms with van der Waals surface area (Å²) in [5, 5.41) is 6.40. The minimum absolute atomic E-state index is 0.0606. The van der Waals surface area contributed by atoms with Gasteiger partial charge in [-0.2, -0.15) is 0 Å². The number of anilines is 2. The van der Waals surface area contributed by atoms with Crippen LogP contribution < -0.4 is 10.2 Å². The Morgan fingerprint density at radius 3 is 2.95 bits per heavy atom. The summed E-state index contributed by atoms with van der Waals surface area (Å²) in [5.41, 5.74) is 0.784. The molecule has 1 atom stereocenters. The van der Waals surface area contributed by atoms with Gasteiger partial charge < -0.3 is 14.7 Å². The SMILES string of the molecule is Cc1cc(NC(=O)[C@H]2CC(=O)N(c3cccc(Br)c3)C2)no1. The van der Waals surface area contributed by atoms with Crippen molar-refractivity contribution < 1.29 is 14.1 Å². The van der Waals surface area contributed by atoms with E-state index in [1.54, 1.807) is 17.9 Å². The first kappa shape index (κ1) is 14.8. The second-order valence-electron chi connectivity index (χ2n) is 5.20. The summed E-state index contributed by atoms with van der Waals surface area (Å²) in [6.45, 7) is 2.11. The molecule has 6 nitrogen and oxygen atoms in total. The smallest absolute Gasteiger partial charge is 0.231 e. The summed E-state index contributed by atoms with van der Waals surface area (Å²) in [7, 11) is 0. The predicted molar refractivity (Wildman–Crippen MR) is 84.5 cm³/mol. The number of amides is 2. The van der Waals surface area contributed by atoms with Gasteiger partial charge in [0.2, 0.25) is 11.8 Å². The monoisotopic (exact) mass is 363 g/mol. The van der Waals surface area contributed by atoms with E-state index in [1.807, 2.05) is 24.3 Å². The molecular weight excluding hydrogens is 350 g/mol. The van der Waals surface area contributed by atoms with Crippen LogP contribution in [-0.4, -0.2) is 23.5 Å². The van der Waals surface area contributed by atoms with Gasteiger partial charge in [0.15, 0.2) is 5.82 Å². The van der Waals surface area contributed by atoms with Crippen molar-refractivity contribution in [1.29, 1.82) is 0 Å². The van der Waals surface area contributed by atoms with Crippen LogP contribution in [0.2, 0.25) is 0 Å². The van der Waals surface area contributed by atoms with Crippen molar-refractivity contribution >= 4 is 39.2 Å². The Morgan fingerprint density at radius 2 is 2.27 bits per heavy atom. The highest BCUT2D eigenvalue weighted by Gasteiger charge is 2.35. The number of nitrogens with zero attached hydrogens (tertiary/aromatic N) is 2. The number of hydrogen-bond acceptors (Lipinski definition) is 4. The van der Waals surface area contributed by atoms with E-state index in [9.17, 15) is 9.59 Å². The van der Waals surface area contributed by atoms with Gasteiger partial charge in [0.25, 0.3) is 0 Å². The third-order valence-electron chi connectivity index (χ3n) is 3.49. The van der Waals surface area contributed by atoms with E-state index in [2.05, 4.69) is 26.4 Å². The molecule has 2 amide bonds. The number of aryl methyl sites for hydroxylation is 1. The number of hydrogen-bond donors (Lipinski definition) is 1. The van der Waals surface area contributed by atoms with E-state index in [0.29, 0.717) is 18.1 Å². The molecule has 7 heteroatoms. The Bertz CT molecular complexity index is 728. The maximum Gasteiger partial charge on any atom is 0.231 e. The molecule has 0 spiro atoms. The molecular formula is C15H14BrN3O3. The number of carbonyl (C=O) groups is 2. The van der Waals surface area contributed by atoms with E-state index in [0.717, 1.165) is 10.2 Å². The van der Waals surface area contributed by atoms with Crippen molar-refractivity contribution in [3.8, 4) is 0 Å². The van der Waals surface area contributed by atoms with Crippen LogP contribution in [0.5, 0.6) is 0 Å². The van der Waals surface area contributed by atoms with E-state index in [1.165, 1.54) is 0 Å². The summed E-state index contributed by atoms with van der Waals surface area (Å²) >= 11 is 3.38. The minimum Gasteiger partial charge on any atom is -0.360 e. The number of aromatic nitrogens is 1. The Kier molecular flexibility index (Phi) is 3.98. The van der Waals surface area contributed by atoms with Gasteiger partial charge in [0.1, 0.15) is 5.76 Å². The van der Waals surface area contributed by atoms with E-state index in [4.69, 9.17) is 4.52 Å². The second kappa shape index (κ2) is 5.92. The maximum atomic E-state index is 12.2. The van der Waals surface area contributed by atoms with E-state index in [-0.39, 0.29) is 18.2 Å². The molecule has 114 valence electrons. The van der Waals surface area contributed by atoms with Crippen LogP contribution in [0.3, 0.4) is 0 Å². The number of halogens is 1. The van der Waals surface area contributed by atoms with Gasteiger partial charge in [-0.15, -0.1) is 0 Å². The zero-order valence-electron chi connectivity index (χ0n) is 11.9. The van der Waals surface area contributed by atoms with Gasteiger partial charge in [0.05, 0.1) is 5.92 Å². The van der Waals surface area contributed by atoms with Crippen molar-refractivity contribution in [3.05, 3.63) is 40.6 Å². The fraction of sp³-hybridized carbons (Fsp3) is 0.267. The Balaban J connectivity index is 1.70. The van der Waals surface area contributed by atoms with Crippen LogP contribution in [-0.2, 0) is 9.59 Å². The molecule has 0 unspecified atom stereocenters. The van der Waals surface area contributed by atoms with Gasteiger partial charge in [-0.1, -0.05) is 27.2 Å². The van der Waals surface area contributed by atoms with Crippen molar-refractivity contribution in [3.63, 3.8) is 0 Å². The van der Waals surface area contributed by atoms with Crippen molar-refractivity contribution in [1.82, 2.24) is 5.16 Å². The van der Waals surface area contributed by atoms with Crippen molar-refractivity contribution in [2.24, 2.45) is 5.92 Å². The lowest BCUT2D eigenvalue weighted by Gasteiger charge is -2.16. The van der Waals surface area contributed by atoms with Gasteiger partial charge in [0, 0.05) is 29.2 Å². The highest BCUT2D eigenvalue weighted by Crippen LogP contribution is 2.27. The quantitative estimate of drug-likeness (QED) is 0.909. The molecule has 0 saturated carbocycles. The van der Waals surface area contributed by atoms with Gasteiger partial charge in [-0.05, 0) is 25.1 Å². The molecule has 3 rings (SSSR count). The summed E-state index contributed by atoms with van der Waals surface area (Å²) in [5.74, 6) is 0.307. The lowest BCUT2D eigenvalue weighted by Crippen LogP contribution is -2.28. The first-order chi connectivity index (χ1) is 10.5. The molecule has 1 N–H and O–H groups in total. The zero-order valence-corrected chi connectivity index (χ0v) is 13.5. The standard InChI is InChI=1S/C15H14BrN3O3/c1-9-5-13(18-22-9)17-15(21)10-6-14(20)19(8-10)12-4-2-3-11(16)7-12/h2-5,7,10H,6,8H2,1H3,(H,17,18,21)/t10-/m0/s1. The molecule has 0 aliphatic carbocycles. The Labute approximate surface area is 135 Å². The lowest BCUT2D eigenvalue weighted by atomic mass is 10.1. The highest BCUT2D eigenvalue weighted by atomic mass is 79.9. The molecule has 1 saturated heterocycles. The topological polar surface area (TPSA) is 75.4 Å². The van der Waals surface area contributed by atoms with E-state index >= 15 is 0 Å². The molecule has 0 radical (unpaired) electrons. The largest absolute Gasteiger partial charge is 0.360 e. The summed E-state index contributed by atoms with van der Waals surface area (Å²) in [6.07, 6.45) is 0.190. The molecule has 1 aliphatic rings. The first-order valence-corrected chi connectivity index (χ1v) is 7.62. The van der Waals surface area contributed by atoms with Crippen LogP contribution in [0, 0.1) is 12.8 Å². The summed E-state index contributed by atoms with van der Waals surface area (Å²) < 4.78 is 5.80. The average Bonchev–Trinajstić information content (AvgIpc) is 3.05. The second-order valence-corrected chi connectivity index (χ2v) is 6.11. The van der Waals surface area contributed by atoms with Crippen LogP contribution in [0.15, 0.2) is 39.3 Å². The van der Waals surface area contributed by atoms with E-state index < -0.39 is 5.92 Å². The minimum atomic E-state index is -0.400. The molecule has 2 aromatic rings. The van der Waals surface area contributed by atoms with Crippen molar-refractivity contribution in [2.75, 3.05) is 16.8 Å². The normalized spacial score (nSPS) is 17.8. The Hall–Kier alpha value is -2.15. The lowest BCUT2D eigenvalue weighted by molar-refractivity contribution is -0.122. The fourth-order valence-electron chi connectivity index (χ4n) is 2.43. The Morgan fingerprint density at radius 1 is 1.45 bits per heavy atom.